The first kappa shape index (κ1) is 22.6. The number of hydrogen-bond donors (Lipinski definition) is 0. The lowest BCUT2D eigenvalue weighted by atomic mass is 9.89. The predicted molar refractivity (Wildman–Crippen MR) is 126 cm³/mol. The van der Waals surface area contributed by atoms with Crippen molar-refractivity contribution in [3.8, 4) is 0 Å². The Morgan fingerprint density at radius 2 is 1.44 bits per heavy atom. The van der Waals surface area contributed by atoms with Crippen LogP contribution in [0.2, 0.25) is 0 Å². The summed E-state index contributed by atoms with van der Waals surface area (Å²) in [6.07, 6.45) is -4.49. The van der Waals surface area contributed by atoms with Gasteiger partial charge in [0.1, 0.15) is 18.1 Å². The van der Waals surface area contributed by atoms with Crippen molar-refractivity contribution < 1.29 is 33.3 Å². The van der Waals surface area contributed by atoms with E-state index in [1.54, 1.807) is 60.7 Å². The summed E-state index contributed by atoms with van der Waals surface area (Å²) in [4.78, 5) is 41.2. The van der Waals surface area contributed by atoms with Gasteiger partial charge >= 0.3 is 6.09 Å². The van der Waals surface area contributed by atoms with E-state index < -0.39 is 54.5 Å². The molecule has 0 N–H and O–H groups in total. The van der Waals surface area contributed by atoms with Crippen molar-refractivity contribution in [2.75, 3.05) is 6.61 Å². The third-order valence-electron chi connectivity index (χ3n) is 6.68. The van der Waals surface area contributed by atoms with E-state index in [0.29, 0.717) is 11.1 Å². The average Bonchev–Trinajstić information content (AvgIpc) is 3.44. The molecule has 2 amide bonds. The lowest BCUT2D eigenvalue weighted by Crippen LogP contribution is -2.45. The van der Waals surface area contributed by atoms with Crippen molar-refractivity contribution in [1.29, 1.82) is 0 Å². The number of carbonyl (C=O) groups is 3. The second kappa shape index (κ2) is 9.31. The zero-order valence-corrected chi connectivity index (χ0v) is 19.1. The molecule has 3 aliphatic heterocycles. The van der Waals surface area contributed by atoms with Crippen LogP contribution in [0, 0.1) is 0 Å². The van der Waals surface area contributed by atoms with Gasteiger partial charge in [0.05, 0.1) is 6.61 Å². The first-order valence-corrected chi connectivity index (χ1v) is 11.8. The minimum Gasteiger partial charge on any atom is -0.438 e. The van der Waals surface area contributed by atoms with E-state index in [0.717, 1.165) is 10.5 Å². The quantitative estimate of drug-likeness (QED) is 0.401. The van der Waals surface area contributed by atoms with Crippen molar-refractivity contribution in [3.63, 3.8) is 0 Å². The zero-order valence-electron chi connectivity index (χ0n) is 19.1. The van der Waals surface area contributed by atoms with Crippen LogP contribution in [-0.4, -0.2) is 53.8 Å². The van der Waals surface area contributed by atoms with Gasteiger partial charge in [0.15, 0.2) is 24.4 Å². The van der Waals surface area contributed by atoms with Gasteiger partial charge in [0.25, 0.3) is 0 Å². The molecule has 0 aromatic heterocycles. The van der Waals surface area contributed by atoms with Crippen LogP contribution >= 0.6 is 0 Å². The molecule has 0 spiro atoms. The third-order valence-corrected chi connectivity index (χ3v) is 6.68. The molecule has 0 bridgehead atoms. The fourth-order valence-electron chi connectivity index (χ4n) is 4.94. The summed E-state index contributed by atoms with van der Waals surface area (Å²) in [5.41, 5.74) is 1.67. The third kappa shape index (κ3) is 3.89. The molecule has 0 saturated carbocycles. The fourth-order valence-corrected chi connectivity index (χ4v) is 4.94. The van der Waals surface area contributed by atoms with E-state index >= 15 is 0 Å². The molecule has 6 atom stereocenters. The minimum atomic E-state index is -1.24. The maximum atomic E-state index is 13.9. The van der Waals surface area contributed by atoms with Crippen LogP contribution in [0.5, 0.6) is 0 Å². The van der Waals surface area contributed by atoms with E-state index in [1.807, 2.05) is 30.3 Å². The summed E-state index contributed by atoms with van der Waals surface area (Å²) in [5, 5.41) is 0. The maximum absolute atomic E-state index is 13.9. The smallest absolute Gasteiger partial charge is 0.419 e. The van der Waals surface area contributed by atoms with Crippen molar-refractivity contribution in [3.05, 3.63) is 108 Å². The summed E-state index contributed by atoms with van der Waals surface area (Å²) >= 11 is 0. The predicted octanol–water partition coefficient (Wildman–Crippen LogP) is 3.84. The summed E-state index contributed by atoms with van der Waals surface area (Å²) in [5.74, 6) is -2.35. The number of ketones is 1. The molecule has 182 valence electrons. The van der Waals surface area contributed by atoms with Gasteiger partial charge in [-0.25, -0.2) is 9.69 Å². The summed E-state index contributed by atoms with van der Waals surface area (Å²) < 4.78 is 23.6. The number of rotatable bonds is 5. The van der Waals surface area contributed by atoms with Crippen molar-refractivity contribution >= 4 is 17.8 Å². The van der Waals surface area contributed by atoms with E-state index in [1.165, 1.54) is 0 Å². The van der Waals surface area contributed by atoms with Gasteiger partial charge in [-0.1, -0.05) is 91.0 Å². The van der Waals surface area contributed by atoms with Crippen LogP contribution in [0.3, 0.4) is 0 Å². The van der Waals surface area contributed by atoms with Crippen molar-refractivity contribution in [1.82, 2.24) is 4.90 Å². The van der Waals surface area contributed by atoms with Crippen molar-refractivity contribution in [2.24, 2.45) is 0 Å². The van der Waals surface area contributed by atoms with Crippen LogP contribution in [0.1, 0.15) is 33.7 Å². The summed E-state index contributed by atoms with van der Waals surface area (Å²) in [6, 6.07) is 26.6. The lowest BCUT2D eigenvalue weighted by molar-refractivity contribution is -0.254. The first-order valence-electron chi connectivity index (χ1n) is 11.8. The van der Waals surface area contributed by atoms with E-state index in [9.17, 15) is 14.4 Å². The van der Waals surface area contributed by atoms with E-state index in [4.69, 9.17) is 18.9 Å². The largest absolute Gasteiger partial charge is 0.438 e. The normalized spacial score (nSPS) is 27.6. The molecule has 3 aromatic rings. The lowest BCUT2D eigenvalue weighted by Gasteiger charge is -2.33. The summed E-state index contributed by atoms with van der Waals surface area (Å²) in [7, 11) is 0. The van der Waals surface area contributed by atoms with Crippen LogP contribution in [0.4, 0.5) is 4.79 Å². The molecule has 8 nitrogen and oxygen atoms in total. The van der Waals surface area contributed by atoms with Crippen LogP contribution in [-0.2, 0) is 23.7 Å². The fraction of sp³-hybridized carbons (Fsp3) is 0.250. The topological polar surface area (TPSA) is 91.4 Å². The highest BCUT2D eigenvalue weighted by Crippen LogP contribution is 2.41. The van der Waals surface area contributed by atoms with Crippen molar-refractivity contribution in [2.45, 2.75) is 36.7 Å². The molecular formula is C28H23NO7. The number of amides is 2. The van der Waals surface area contributed by atoms with E-state index in [2.05, 4.69) is 0 Å². The molecule has 0 radical (unpaired) electrons. The van der Waals surface area contributed by atoms with Gasteiger partial charge in [-0.2, -0.15) is 0 Å². The number of fused-ring (bicyclic) bond motifs is 3. The molecule has 3 aliphatic rings. The molecule has 8 heteroatoms. The number of imide groups is 1. The molecule has 6 rings (SSSR count). The van der Waals surface area contributed by atoms with Crippen LogP contribution in [0.25, 0.3) is 0 Å². The van der Waals surface area contributed by atoms with Crippen LogP contribution < -0.4 is 0 Å². The van der Waals surface area contributed by atoms with Gasteiger partial charge in [-0.3, -0.25) is 9.59 Å². The van der Waals surface area contributed by atoms with Gasteiger partial charge in [-0.15, -0.1) is 0 Å². The van der Waals surface area contributed by atoms with Gasteiger partial charge in [-0.05, 0) is 5.56 Å². The number of nitrogens with zero attached hydrogens (tertiary/aromatic N) is 1. The van der Waals surface area contributed by atoms with Gasteiger partial charge in [0, 0.05) is 11.1 Å². The molecule has 3 heterocycles. The average molecular weight is 485 g/mol. The van der Waals surface area contributed by atoms with E-state index in [-0.39, 0.29) is 6.61 Å². The number of hydrogen-bond acceptors (Lipinski definition) is 7. The monoisotopic (exact) mass is 485 g/mol. The van der Waals surface area contributed by atoms with Crippen LogP contribution in [0.15, 0.2) is 91.0 Å². The second-order valence-electron chi connectivity index (χ2n) is 8.87. The highest BCUT2D eigenvalue weighted by Gasteiger charge is 2.61. The molecular weight excluding hydrogens is 462 g/mol. The second-order valence-corrected chi connectivity index (χ2v) is 8.87. The molecule has 3 aromatic carbocycles. The zero-order chi connectivity index (χ0) is 24.6. The Balaban J connectivity index is 1.28. The highest BCUT2D eigenvalue weighted by atomic mass is 16.7. The Hall–Kier alpha value is -3.85. The Bertz CT molecular complexity index is 1270. The molecule has 3 fully saturated rings. The SMILES string of the molecule is O=C(c1ccccc1)[C@@H](C(=O)N1C(=O)O[C@@H]2[C@H]3O[C@@H](c4ccccc4)OC[C@H]3O[C@@H]21)c1ccccc1. The Labute approximate surface area is 207 Å². The highest BCUT2D eigenvalue weighted by molar-refractivity contribution is 6.16. The first-order chi connectivity index (χ1) is 17.6. The Kier molecular flexibility index (Phi) is 5.85. The number of Topliss-reactive ketones (excluding diaryl/α,β-unsaturated/α-hetero) is 1. The molecule has 0 unspecified atom stereocenters. The summed E-state index contributed by atoms with van der Waals surface area (Å²) in [6.45, 7) is 0.210. The Morgan fingerprint density at radius 3 is 2.14 bits per heavy atom. The minimum absolute atomic E-state index is 0.210. The standard InChI is InChI=1S/C28H23NO7/c30-22(18-12-6-2-7-13-18)21(17-10-4-1-5-11-17)25(31)29-26-24(36-28(29)32)23-20(34-26)16-33-27(35-23)19-14-8-3-9-15-19/h1-15,20-21,23-24,26-27H,16H2/t20-,21+,23+,24-,26+,27+/m1/s1. The van der Waals surface area contributed by atoms with Gasteiger partial charge in [0.2, 0.25) is 5.91 Å². The number of benzene rings is 3. The maximum Gasteiger partial charge on any atom is 0.419 e. The molecule has 0 aliphatic carbocycles. The number of ether oxygens (including phenoxy) is 4. The number of carbonyl (C=O) groups excluding carboxylic acids is 3. The van der Waals surface area contributed by atoms with Gasteiger partial charge < -0.3 is 18.9 Å². The Morgan fingerprint density at radius 1 is 0.806 bits per heavy atom. The molecule has 36 heavy (non-hydrogen) atoms. The molecule has 3 saturated heterocycles.